The van der Waals surface area contributed by atoms with Gasteiger partial charge >= 0.3 is 0 Å². The molecule has 2 N–H and O–H groups in total. The van der Waals surface area contributed by atoms with Crippen LogP contribution >= 0.6 is 0 Å². The van der Waals surface area contributed by atoms with Crippen molar-refractivity contribution in [3.63, 3.8) is 0 Å². The van der Waals surface area contributed by atoms with E-state index in [9.17, 15) is 0 Å². The second-order valence-electron chi connectivity index (χ2n) is 5.95. The van der Waals surface area contributed by atoms with E-state index in [0.717, 1.165) is 45.1 Å². The summed E-state index contributed by atoms with van der Waals surface area (Å²) in [6.45, 7) is 6.87. The second-order valence-corrected chi connectivity index (χ2v) is 5.95. The highest BCUT2D eigenvalue weighted by Gasteiger charge is 2.28. The Labute approximate surface area is 126 Å². The summed E-state index contributed by atoms with van der Waals surface area (Å²) in [5.74, 6) is 1.41. The molecule has 0 aliphatic carbocycles. The van der Waals surface area contributed by atoms with E-state index >= 15 is 0 Å². The summed E-state index contributed by atoms with van der Waals surface area (Å²) in [5, 5.41) is 0. The summed E-state index contributed by atoms with van der Waals surface area (Å²) in [4.78, 5) is 4.93. The fraction of sp³-hybridized carbons (Fsp3) is 0.625. The molecule has 1 aromatic rings. The van der Waals surface area contributed by atoms with Crippen LogP contribution < -0.4 is 15.4 Å². The first kappa shape index (κ1) is 14.6. The van der Waals surface area contributed by atoms with Gasteiger partial charge in [-0.2, -0.15) is 0 Å². The Bertz CT molecular complexity index is 461. The third-order valence-corrected chi connectivity index (χ3v) is 4.53. The van der Waals surface area contributed by atoms with E-state index in [1.807, 2.05) is 6.07 Å². The van der Waals surface area contributed by atoms with Crippen molar-refractivity contribution in [2.75, 3.05) is 57.9 Å². The Morgan fingerprint density at radius 2 is 2.05 bits per heavy atom. The van der Waals surface area contributed by atoms with Crippen LogP contribution in [-0.2, 0) is 4.74 Å². The lowest BCUT2D eigenvalue weighted by atomic mass is 10.0. The van der Waals surface area contributed by atoms with Crippen LogP contribution in [0, 0.1) is 5.92 Å². The lowest BCUT2D eigenvalue weighted by Crippen LogP contribution is -2.49. The topological polar surface area (TPSA) is 51.0 Å². The van der Waals surface area contributed by atoms with Gasteiger partial charge in [-0.15, -0.1) is 0 Å². The number of nitrogens with zero attached hydrogens (tertiary/aromatic N) is 2. The molecule has 5 nitrogen and oxygen atoms in total. The van der Waals surface area contributed by atoms with E-state index in [-0.39, 0.29) is 6.04 Å². The highest BCUT2D eigenvalue weighted by atomic mass is 16.5. The Morgan fingerprint density at radius 3 is 2.71 bits per heavy atom. The van der Waals surface area contributed by atoms with Gasteiger partial charge in [-0.05, 0) is 12.1 Å². The van der Waals surface area contributed by atoms with Gasteiger partial charge in [0.25, 0.3) is 0 Å². The lowest BCUT2D eigenvalue weighted by Gasteiger charge is -2.37. The maximum Gasteiger partial charge on any atom is 0.120 e. The van der Waals surface area contributed by atoms with Gasteiger partial charge in [0.2, 0.25) is 0 Å². The predicted molar refractivity (Wildman–Crippen MR) is 83.9 cm³/mol. The van der Waals surface area contributed by atoms with Gasteiger partial charge in [0.05, 0.1) is 20.3 Å². The molecule has 3 rings (SSSR count). The van der Waals surface area contributed by atoms with Crippen LogP contribution in [0.5, 0.6) is 5.75 Å². The summed E-state index contributed by atoms with van der Waals surface area (Å²) in [6, 6.07) is 8.51. The minimum Gasteiger partial charge on any atom is -0.497 e. The molecule has 0 spiro atoms. The minimum atomic E-state index is 0.210. The normalized spacial score (nSPS) is 27.0. The summed E-state index contributed by atoms with van der Waals surface area (Å²) in [6.07, 6.45) is 0. The average molecular weight is 291 g/mol. The molecular weight excluding hydrogens is 266 g/mol. The summed E-state index contributed by atoms with van der Waals surface area (Å²) in [7, 11) is 1.71. The molecule has 2 atom stereocenters. The summed E-state index contributed by atoms with van der Waals surface area (Å²) < 4.78 is 10.8. The SMILES string of the molecule is COc1cccc(N2CCN(CC3COCC3N)CC2)c1. The molecule has 2 aliphatic heterocycles. The molecule has 0 saturated carbocycles. The molecule has 0 aromatic heterocycles. The standard InChI is InChI=1S/C16H25N3O2/c1-20-15-4-2-3-14(9-15)19-7-5-18(6-8-19)10-13-11-21-12-16(13)17/h2-4,9,13,16H,5-8,10-12,17H2,1H3. The van der Waals surface area contributed by atoms with Gasteiger partial charge in [0, 0.05) is 56.4 Å². The number of nitrogens with two attached hydrogens (primary N) is 1. The average Bonchev–Trinajstić information content (AvgIpc) is 2.93. The molecule has 2 fully saturated rings. The van der Waals surface area contributed by atoms with Crippen molar-refractivity contribution in [1.29, 1.82) is 0 Å². The molecule has 21 heavy (non-hydrogen) atoms. The van der Waals surface area contributed by atoms with Crippen molar-refractivity contribution >= 4 is 5.69 Å². The van der Waals surface area contributed by atoms with Gasteiger partial charge in [0.15, 0.2) is 0 Å². The number of hydrogen-bond acceptors (Lipinski definition) is 5. The third kappa shape index (κ3) is 3.48. The van der Waals surface area contributed by atoms with Crippen molar-refractivity contribution in [3.05, 3.63) is 24.3 Å². The van der Waals surface area contributed by atoms with E-state index in [0.29, 0.717) is 12.5 Å². The first-order chi connectivity index (χ1) is 10.3. The van der Waals surface area contributed by atoms with Crippen molar-refractivity contribution in [2.24, 2.45) is 11.7 Å². The summed E-state index contributed by atoms with van der Waals surface area (Å²) in [5.41, 5.74) is 7.32. The van der Waals surface area contributed by atoms with Crippen LogP contribution in [-0.4, -0.2) is 64.0 Å². The van der Waals surface area contributed by atoms with Crippen LogP contribution in [0.3, 0.4) is 0 Å². The molecule has 2 heterocycles. The number of methoxy groups -OCH3 is 1. The molecule has 116 valence electrons. The smallest absolute Gasteiger partial charge is 0.120 e. The molecule has 2 aliphatic rings. The number of ether oxygens (including phenoxy) is 2. The highest BCUT2D eigenvalue weighted by Crippen LogP contribution is 2.22. The van der Waals surface area contributed by atoms with Crippen molar-refractivity contribution in [2.45, 2.75) is 6.04 Å². The van der Waals surface area contributed by atoms with Gasteiger partial charge in [-0.3, -0.25) is 4.90 Å². The zero-order valence-corrected chi connectivity index (χ0v) is 12.7. The molecular formula is C16H25N3O2. The van der Waals surface area contributed by atoms with Gasteiger partial charge < -0.3 is 20.1 Å². The van der Waals surface area contributed by atoms with E-state index in [1.165, 1.54) is 5.69 Å². The lowest BCUT2D eigenvalue weighted by molar-refractivity contribution is 0.164. The predicted octanol–water partition coefficient (Wildman–Crippen LogP) is 0.791. The summed E-state index contributed by atoms with van der Waals surface area (Å²) >= 11 is 0. The van der Waals surface area contributed by atoms with E-state index in [1.54, 1.807) is 7.11 Å². The largest absolute Gasteiger partial charge is 0.497 e. The van der Waals surface area contributed by atoms with E-state index in [2.05, 4.69) is 28.0 Å². The Balaban J connectivity index is 1.52. The number of rotatable bonds is 4. The Hall–Kier alpha value is -1.30. The van der Waals surface area contributed by atoms with Crippen LogP contribution in [0.1, 0.15) is 0 Å². The van der Waals surface area contributed by atoms with Crippen LogP contribution in [0.2, 0.25) is 0 Å². The van der Waals surface area contributed by atoms with Crippen molar-refractivity contribution in [3.8, 4) is 5.75 Å². The Kier molecular flexibility index (Phi) is 4.63. The molecule has 2 unspecified atom stereocenters. The van der Waals surface area contributed by atoms with E-state index < -0.39 is 0 Å². The monoisotopic (exact) mass is 291 g/mol. The van der Waals surface area contributed by atoms with Gasteiger partial charge in [0.1, 0.15) is 5.75 Å². The van der Waals surface area contributed by atoms with Gasteiger partial charge in [-0.1, -0.05) is 6.07 Å². The number of anilines is 1. The first-order valence-electron chi connectivity index (χ1n) is 7.71. The maximum absolute atomic E-state index is 6.07. The zero-order valence-electron chi connectivity index (χ0n) is 12.7. The van der Waals surface area contributed by atoms with Gasteiger partial charge in [-0.25, -0.2) is 0 Å². The maximum atomic E-state index is 6.07. The Morgan fingerprint density at radius 1 is 1.24 bits per heavy atom. The van der Waals surface area contributed by atoms with E-state index in [4.69, 9.17) is 15.2 Å². The fourth-order valence-corrected chi connectivity index (χ4v) is 3.13. The van der Waals surface area contributed by atoms with Crippen molar-refractivity contribution < 1.29 is 9.47 Å². The minimum absolute atomic E-state index is 0.210. The van der Waals surface area contributed by atoms with Crippen LogP contribution in [0.25, 0.3) is 0 Å². The first-order valence-corrected chi connectivity index (χ1v) is 7.71. The fourth-order valence-electron chi connectivity index (χ4n) is 3.13. The molecule has 0 bridgehead atoms. The second kappa shape index (κ2) is 6.64. The molecule has 5 heteroatoms. The third-order valence-electron chi connectivity index (χ3n) is 4.53. The molecule has 1 aromatic carbocycles. The number of hydrogen-bond donors (Lipinski definition) is 1. The highest BCUT2D eigenvalue weighted by molar-refractivity contribution is 5.51. The molecule has 0 amide bonds. The van der Waals surface area contributed by atoms with Crippen LogP contribution in [0.15, 0.2) is 24.3 Å². The molecule has 2 saturated heterocycles. The number of benzene rings is 1. The zero-order chi connectivity index (χ0) is 14.7. The van der Waals surface area contributed by atoms with Crippen molar-refractivity contribution in [1.82, 2.24) is 4.90 Å². The van der Waals surface area contributed by atoms with Crippen LogP contribution in [0.4, 0.5) is 5.69 Å². The quantitative estimate of drug-likeness (QED) is 0.889. The number of piperazine rings is 1. The molecule has 0 radical (unpaired) electrons.